The van der Waals surface area contributed by atoms with Gasteiger partial charge in [-0.2, -0.15) is 0 Å². The molecule has 2 rings (SSSR count). The monoisotopic (exact) mass is 337 g/mol. The molecule has 1 aromatic carbocycles. The Bertz CT molecular complexity index is 612. The van der Waals surface area contributed by atoms with Crippen molar-refractivity contribution in [3.05, 3.63) is 28.2 Å². The van der Waals surface area contributed by atoms with Gasteiger partial charge in [-0.1, -0.05) is 29.3 Å². The Morgan fingerprint density at radius 1 is 1.25 bits per heavy atom. The van der Waals surface area contributed by atoms with Crippen LogP contribution in [0.3, 0.4) is 0 Å². The molecule has 2 atom stereocenters. The molecule has 1 aromatic rings. The Hall–Kier alpha value is -0.820. The first kappa shape index (κ1) is 15.6. The number of sulfonamides is 1. The second-order valence-electron chi connectivity index (χ2n) is 4.72. The summed E-state index contributed by atoms with van der Waals surface area (Å²) in [6.07, 6.45) is 1.22. The van der Waals surface area contributed by atoms with Crippen molar-refractivity contribution in [3.8, 4) is 0 Å². The highest BCUT2D eigenvalue weighted by Crippen LogP contribution is 2.31. The van der Waals surface area contributed by atoms with Crippen LogP contribution in [0.5, 0.6) is 0 Å². The minimum absolute atomic E-state index is 0.0396. The van der Waals surface area contributed by atoms with Gasteiger partial charge in [-0.15, -0.1) is 0 Å². The molecule has 0 spiro atoms. The van der Waals surface area contributed by atoms with Crippen LogP contribution in [0.1, 0.15) is 19.3 Å². The molecular formula is C12H13Cl2NO4S. The lowest BCUT2D eigenvalue weighted by atomic mass is 10.1. The number of carbonyl (C=O) groups is 1. The third-order valence-corrected chi connectivity index (χ3v) is 5.77. The van der Waals surface area contributed by atoms with E-state index in [1.54, 1.807) is 6.07 Å². The zero-order chi connectivity index (χ0) is 14.9. The van der Waals surface area contributed by atoms with E-state index in [-0.39, 0.29) is 21.4 Å². The lowest BCUT2D eigenvalue weighted by Gasteiger charge is -2.14. The maximum absolute atomic E-state index is 12.3. The lowest BCUT2D eigenvalue weighted by molar-refractivity contribution is -0.141. The summed E-state index contributed by atoms with van der Waals surface area (Å²) in [5, 5.41) is 8.99. The summed E-state index contributed by atoms with van der Waals surface area (Å²) in [5.41, 5.74) is 0. The Labute approximate surface area is 126 Å². The van der Waals surface area contributed by atoms with E-state index in [2.05, 4.69) is 4.72 Å². The van der Waals surface area contributed by atoms with Crippen molar-refractivity contribution in [2.24, 2.45) is 5.92 Å². The molecule has 1 aliphatic rings. The van der Waals surface area contributed by atoms with E-state index in [1.165, 1.54) is 12.1 Å². The average Bonchev–Trinajstić information content (AvgIpc) is 2.76. The number of hydrogen-bond acceptors (Lipinski definition) is 3. The predicted molar refractivity (Wildman–Crippen MR) is 75.5 cm³/mol. The fourth-order valence-corrected chi connectivity index (χ4v) is 4.76. The summed E-state index contributed by atoms with van der Waals surface area (Å²) < 4.78 is 27.0. The molecule has 1 fully saturated rings. The van der Waals surface area contributed by atoms with Crippen LogP contribution in [-0.2, 0) is 14.8 Å². The Morgan fingerprint density at radius 2 is 1.85 bits per heavy atom. The molecule has 20 heavy (non-hydrogen) atoms. The topological polar surface area (TPSA) is 83.5 Å². The van der Waals surface area contributed by atoms with E-state index in [0.29, 0.717) is 12.8 Å². The fraction of sp³-hybridized carbons (Fsp3) is 0.417. The summed E-state index contributed by atoms with van der Waals surface area (Å²) in [6, 6.07) is 4.03. The van der Waals surface area contributed by atoms with Crippen molar-refractivity contribution < 1.29 is 18.3 Å². The van der Waals surface area contributed by atoms with E-state index < -0.39 is 28.0 Å². The third kappa shape index (κ3) is 3.25. The zero-order valence-corrected chi connectivity index (χ0v) is 12.7. The van der Waals surface area contributed by atoms with Crippen LogP contribution in [0, 0.1) is 5.92 Å². The molecule has 0 aromatic heterocycles. The third-order valence-electron chi connectivity index (χ3n) is 3.29. The Balaban J connectivity index is 2.19. The molecule has 0 radical (unpaired) electrons. The molecule has 0 bridgehead atoms. The number of rotatable bonds is 4. The van der Waals surface area contributed by atoms with E-state index in [4.69, 9.17) is 28.3 Å². The van der Waals surface area contributed by atoms with E-state index in [9.17, 15) is 13.2 Å². The number of halogens is 2. The maximum Gasteiger partial charge on any atom is 0.306 e. The van der Waals surface area contributed by atoms with Gasteiger partial charge in [-0.05, 0) is 31.4 Å². The zero-order valence-electron chi connectivity index (χ0n) is 10.3. The van der Waals surface area contributed by atoms with Gasteiger partial charge in [-0.3, -0.25) is 4.79 Å². The van der Waals surface area contributed by atoms with Gasteiger partial charge < -0.3 is 5.11 Å². The number of carboxylic acids is 1. The summed E-state index contributed by atoms with van der Waals surface area (Å²) in [5.74, 6) is -1.41. The Morgan fingerprint density at radius 3 is 2.35 bits per heavy atom. The number of nitrogens with one attached hydrogen (secondary N) is 1. The number of benzene rings is 1. The van der Waals surface area contributed by atoms with Crippen molar-refractivity contribution in [1.82, 2.24) is 4.72 Å². The highest BCUT2D eigenvalue weighted by Gasteiger charge is 2.33. The van der Waals surface area contributed by atoms with Gasteiger partial charge in [0.1, 0.15) is 4.90 Å². The van der Waals surface area contributed by atoms with E-state index in [1.807, 2.05) is 0 Å². The SMILES string of the molecule is O=C(O)C1CCC(NS(=O)(=O)c2c(Cl)cccc2Cl)C1. The predicted octanol–water partition coefficient (Wildman–Crippen LogP) is 2.53. The van der Waals surface area contributed by atoms with E-state index in [0.717, 1.165) is 0 Å². The van der Waals surface area contributed by atoms with Gasteiger partial charge in [0.15, 0.2) is 0 Å². The fourth-order valence-electron chi connectivity index (χ4n) is 2.33. The van der Waals surface area contributed by atoms with Crippen LogP contribution in [0.25, 0.3) is 0 Å². The van der Waals surface area contributed by atoms with Crippen LogP contribution >= 0.6 is 23.2 Å². The van der Waals surface area contributed by atoms with Gasteiger partial charge in [0.2, 0.25) is 10.0 Å². The Kier molecular flexibility index (Phi) is 4.59. The maximum atomic E-state index is 12.3. The number of aliphatic carboxylic acids is 1. The van der Waals surface area contributed by atoms with Crippen molar-refractivity contribution in [1.29, 1.82) is 0 Å². The van der Waals surface area contributed by atoms with Gasteiger partial charge in [0.05, 0.1) is 16.0 Å². The summed E-state index contributed by atoms with van der Waals surface area (Å²) >= 11 is 11.8. The van der Waals surface area contributed by atoms with Crippen LogP contribution in [0.4, 0.5) is 0 Å². The first-order valence-electron chi connectivity index (χ1n) is 6.00. The highest BCUT2D eigenvalue weighted by molar-refractivity contribution is 7.89. The second-order valence-corrected chi connectivity index (χ2v) is 7.18. The molecule has 1 saturated carbocycles. The standard InChI is InChI=1S/C12H13Cl2NO4S/c13-9-2-1-3-10(14)11(9)20(18,19)15-8-5-4-7(6-8)12(16)17/h1-3,7-8,15H,4-6H2,(H,16,17). The molecule has 2 unspecified atom stereocenters. The second kappa shape index (κ2) is 5.89. The molecule has 1 aliphatic carbocycles. The minimum atomic E-state index is -3.86. The summed E-state index contributed by atoms with van der Waals surface area (Å²) in [6.45, 7) is 0. The van der Waals surface area contributed by atoms with Crippen LogP contribution in [0.15, 0.2) is 23.1 Å². The van der Waals surface area contributed by atoms with Gasteiger partial charge in [0.25, 0.3) is 0 Å². The first-order valence-corrected chi connectivity index (χ1v) is 8.24. The molecule has 0 saturated heterocycles. The normalized spacial score (nSPS) is 22.9. The van der Waals surface area contributed by atoms with Crippen molar-refractivity contribution in [2.45, 2.75) is 30.2 Å². The van der Waals surface area contributed by atoms with Crippen molar-refractivity contribution in [2.75, 3.05) is 0 Å². The van der Waals surface area contributed by atoms with Gasteiger partial charge in [0, 0.05) is 6.04 Å². The van der Waals surface area contributed by atoms with Crippen LogP contribution in [-0.4, -0.2) is 25.5 Å². The molecule has 0 heterocycles. The van der Waals surface area contributed by atoms with Crippen molar-refractivity contribution in [3.63, 3.8) is 0 Å². The quantitative estimate of drug-likeness (QED) is 0.884. The van der Waals surface area contributed by atoms with Crippen molar-refractivity contribution >= 4 is 39.2 Å². The average molecular weight is 338 g/mol. The molecule has 8 heteroatoms. The number of carboxylic acid groups (broad SMARTS) is 1. The van der Waals surface area contributed by atoms with E-state index >= 15 is 0 Å². The molecule has 0 aliphatic heterocycles. The highest BCUT2D eigenvalue weighted by atomic mass is 35.5. The van der Waals surface area contributed by atoms with Crippen LogP contribution < -0.4 is 4.72 Å². The van der Waals surface area contributed by atoms with Gasteiger partial charge >= 0.3 is 5.97 Å². The summed E-state index contributed by atoms with van der Waals surface area (Å²) in [7, 11) is -3.86. The minimum Gasteiger partial charge on any atom is -0.481 e. The first-order chi connectivity index (χ1) is 9.31. The summed E-state index contributed by atoms with van der Waals surface area (Å²) in [4.78, 5) is 10.7. The molecule has 5 nitrogen and oxygen atoms in total. The largest absolute Gasteiger partial charge is 0.481 e. The van der Waals surface area contributed by atoms with Gasteiger partial charge in [-0.25, -0.2) is 13.1 Å². The number of hydrogen-bond donors (Lipinski definition) is 2. The molecule has 2 N–H and O–H groups in total. The molecular weight excluding hydrogens is 325 g/mol. The molecule has 110 valence electrons. The van der Waals surface area contributed by atoms with Crippen LogP contribution in [0.2, 0.25) is 10.0 Å². The smallest absolute Gasteiger partial charge is 0.306 e. The molecule has 0 amide bonds. The lowest BCUT2D eigenvalue weighted by Crippen LogP contribution is -2.33.